The van der Waals surface area contributed by atoms with Gasteiger partial charge in [-0.3, -0.25) is 0 Å². The molecule has 1 N–H and O–H groups in total. The summed E-state index contributed by atoms with van der Waals surface area (Å²) in [6.07, 6.45) is 0. The molecule has 0 bridgehead atoms. The van der Waals surface area contributed by atoms with Gasteiger partial charge in [-0.05, 0) is 12.8 Å². The highest BCUT2D eigenvalue weighted by Crippen LogP contribution is 1.93. The molecule has 0 aliphatic heterocycles. The summed E-state index contributed by atoms with van der Waals surface area (Å²) in [5.74, 6) is 0.366. The highest BCUT2D eigenvalue weighted by atomic mass is 16.4. The van der Waals surface area contributed by atoms with E-state index in [1.54, 1.807) is 6.92 Å². The van der Waals surface area contributed by atoms with Gasteiger partial charge in [0.25, 0.3) is 0 Å². The molecular weight excluding hydrogens is 90.1 g/mol. The topological polar surface area (TPSA) is 32.6 Å². The minimum atomic E-state index is 0.366. The predicted molar refractivity (Wildman–Crippen MR) is 29.7 cm³/mol. The number of hydrogen-bond donors (Lipinski definition) is 1. The molecule has 2 heteroatoms. The fraction of sp³-hybridized carbons (Fsp3) is 0.800. The molecule has 0 fully saturated rings. The first-order valence-corrected chi connectivity index (χ1v) is 2.37. The van der Waals surface area contributed by atoms with Crippen LogP contribution in [0.25, 0.3) is 0 Å². The van der Waals surface area contributed by atoms with Crippen molar-refractivity contribution in [2.75, 3.05) is 0 Å². The van der Waals surface area contributed by atoms with E-state index in [4.69, 9.17) is 5.21 Å². The van der Waals surface area contributed by atoms with Crippen molar-refractivity contribution in [3.63, 3.8) is 0 Å². The van der Waals surface area contributed by atoms with Gasteiger partial charge in [0.2, 0.25) is 0 Å². The van der Waals surface area contributed by atoms with Crippen molar-refractivity contribution >= 4 is 5.71 Å². The Hall–Kier alpha value is -0.530. The van der Waals surface area contributed by atoms with E-state index in [0.717, 1.165) is 5.71 Å². The maximum atomic E-state index is 8.09. The molecule has 0 unspecified atom stereocenters. The lowest BCUT2D eigenvalue weighted by Gasteiger charge is -1.96. The van der Waals surface area contributed by atoms with E-state index in [2.05, 4.69) is 5.16 Å². The van der Waals surface area contributed by atoms with E-state index in [-0.39, 0.29) is 0 Å². The lowest BCUT2D eigenvalue weighted by molar-refractivity contribution is 0.315. The van der Waals surface area contributed by atoms with E-state index in [1.165, 1.54) is 0 Å². The third-order valence-electron chi connectivity index (χ3n) is 0.993. The third-order valence-corrected chi connectivity index (χ3v) is 0.993. The van der Waals surface area contributed by atoms with Crippen molar-refractivity contribution in [2.24, 2.45) is 11.1 Å². The number of nitrogens with zero attached hydrogens (tertiary/aromatic N) is 1. The maximum Gasteiger partial charge on any atom is 0.0565 e. The smallest absolute Gasteiger partial charge is 0.0565 e. The summed E-state index contributed by atoms with van der Waals surface area (Å²) in [5, 5.41) is 11.1. The molecule has 0 rings (SSSR count). The maximum absolute atomic E-state index is 8.09. The molecular formula is C5H11NO. The molecule has 2 nitrogen and oxygen atoms in total. The van der Waals surface area contributed by atoms with Gasteiger partial charge in [0.05, 0.1) is 5.71 Å². The zero-order valence-electron chi connectivity index (χ0n) is 4.97. The Morgan fingerprint density at radius 1 is 1.57 bits per heavy atom. The molecule has 0 heterocycles. The number of rotatable bonds is 1. The fourth-order valence-electron chi connectivity index (χ4n) is 0.115. The van der Waals surface area contributed by atoms with Crippen molar-refractivity contribution in [1.29, 1.82) is 0 Å². The Morgan fingerprint density at radius 2 is 2.00 bits per heavy atom. The summed E-state index contributed by atoms with van der Waals surface area (Å²) < 4.78 is 0. The zero-order chi connectivity index (χ0) is 5.86. The van der Waals surface area contributed by atoms with Gasteiger partial charge in [0, 0.05) is 0 Å². The normalized spacial score (nSPS) is 12.9. The highest BCUT2D eigenvalue weighted by molar-refractivity contribution is 5.82. The van der Waals surface area contributed by atoms with Gasteiger partial charge in [0.1, 0.15) is 0 Å². The first-order chi connectivity index (χ1) is 3.18. The van der Waals surface area contributed by atoms with Gasteiger partial charge < -0.3 is 5.21 Å². The second-order valence-electron chi connectivity index (χ2n) is 1.90. The van der Waals surface area contributed by atoms with Crippen molar-refractivity contribution in [3.8, 4) is 0 Å². The van der Waals surface area contributed by atoms with Crippen LogP contribution in [0, 0.1) is 5.92 Å². The lowest BCUT2D eigenvalue weighted by Crippen LogP contribution is -2.00. The van der Waals surface area contributed by atoms with Crippen LogP contribution >= 0.6 is 0 Å². The molecule has 42 valence electrons. The lowest BCUT2D eigenvalue weighted by atomic mass is 10.1. The minimum Gasteiger partial charge on any atom is -0.411 e. The zero-order valence-corrected chi connectivity index (χ0v) is 4.97. The Morgan fingerprint density at radius 3 is 2.00 bits per heavy atom. The van der Waals surface area contributed by atoms with Crippen molar-refractivity contribution in [3.05, 3.63) is 0 Å². The van der Waals surface area contributed by atoms with Crippen LogP contribution in [-0.2, 0) is 0 Å². The first kappa shape index (κ1) is 6.47. The molecule has 0 aliphatic rings. The average molecular weight is 101 g/mol. The standard InChI is InChI=1S/C5H11NO/c1-4(2)5(3)6-7/h4,7H,1-3H3/b6-5+. The van der Waals surface area contributed by atoms with Crippen LogP contribution in [0.15, 0.2) is 5.16 Å². The van der Waals surface area contributed by atoms with Gasteiger partial charge in [-0.1, -0.05) is 19.0 Å². The quantitative estimate of drug-likeness (QED) is 0.303. The van der Waals surface area contributed by atoms with Gasteiger partial charge in [-0.15, -0.1) is 0 Å². The average Bonchev–Trinajstić information content (AvgIpc) is 1.65. The monoisotopic (exact) mass is 101 g/mol. The molecule has 0 radical (unpaired) electrons. The van der Waals surface area contributed by atoms with Crippen LogP contribution in [0.1, 0.15) is 20.8 Å². The second kappa shape index (κ2) is 2.61. The van der Waals surface area contributed by atoms with Crippen molar-refractivity contribution in [2.45, 2.75) is 20.8 Å². The van der Waals surface area contributed by atoms with Crippen molar-refractivity contribution in [1.82, 2.24) is 0 Å². The van der Waals surface area contributed by atoms with E-state index < -0.39 is 0 Å². The molecule has 7 heavy (non-hydrogen) atoms. The van der Waals surface area contributed by atoms with Crippen LogP contribution in [0.4, 0.5) is 0 Å². The van der Waals surface area contributed by atoms with E-state index in [9.17, 15) is 0 Å². The molecule has 0 aromatic carbocycles. The molecule has 0 spiro atoms. The van der Waals surface area contributed by atoms with Gasteiger partial charge in [-0.25, -0.2) is 0 Å². The van der Waals surface area contributed by atoms with Gasteiger partial charge in [0.15, 0.2) is 0 Å². The summed E-state index contributed by atoms with van der Waals surface area (Å²) in [7, 11) is 0. The molecule has 0 aromatic rings. The summed E-state index contributed by atoms with van der Waals surface area (Å²) in [4.78, 5) is 0. The summed E-state index contributed by atoms with van der Waals surface area (Å²) >= 11 is 0. The van der Waals surface area contributed by atoms with E-state index in [0.29, 0.717) is 5.92 Å². The molecule has 0 aliphatic carbocycles. The van der Waals surface area contributed by atoms with Crippen LogP contribution in [-0.4, -0.2) is 10.9 Å². The summed E-state index contributed by atoms with van der Waals surface area (Å²) in [5.41, 5.74) is 0.778. The van der Waals surface area contributed by atoms with Crippen LogP contribution in [0.5, 0.6) is 0 Å². The SMILES string of the molecule is C/C(=N\O)C(C)C. The minimum absolute atomic E-state index is 0.366. The van der Waals surface area contributed by atoms with Crippen LogP contribution in [0.2, 0.25) is 0 Å². The first-order valence-electron chi connectivity index (χ1n) is 2.37. The third kappa shape index (κ3) is 2.20. The Kier molecular flexibility index (Phi) is 2.41. The van der Waals surface area contributed by atoms with Gasteiger partial charge >= 0.3 is 0 Å². The number of hydrogen-bond acceptors (Lipinski definition) is 2. The van der Waals surface area contributed by atoms with Gasteiger partial charge in [-0.2, -0.15) is 0 Å². The summed E-state index contributed by atoms with van der Waals surface area (Å²) in [6.45, 7) is 5.76. The van der Waals surface area contributed by atoms with E-state index >= 15 is 0 Å². The molecule has 0 saturated heterocycles. The highest BCUT2D eigenvalue weighted by Gasteiger charge is 1.94. The Bertz CT molecular complexity index is 76.1. The predicted octanol–water partition coefficient (Wildman–Crippen LogP) is 1.49. The van der Waals surface area contributed by atoms with Crippen LogP contribution in [0.3, 0.4) is 0 Å². The molecule has 0 amide bonds. The summed E-state index contributed by atoms with van der Waals surface area (Å²) in [6, 6.07) is 0. The number of oxime groups is 1. The Labute approximate surface area is 43.8 Å². The largest absolute Gasteiger partial charge is 0.411 e. The Balaban J connectivity index is 3.56. The molecule has 0 aromatic heterocycles. The molecule has 0 atom stereocenters. The van der Waals surface area contributed by atoms with E-state index in [1.807, 2.05) is 13.8 Å². The molecule has 0 saturated carbocycles. The second-order valence-corrected chi connectivity index (χ2v) is 1.90. The fourth-order valence-corrected chi connectivity index (χ4v) is 0.115. The van der Waals surface area contributed by atoms with Crippen molar-refractivity contribution < 1.29 is 5.21 Å². The van der Waals surface area contributed by atoms with Crippen LogP contribution < -0.4 is 0 Å².